The zero-order chi connectivity index (χ0) is 11.8. The lowest BCUT2D eigenvalue weighted by atomic mass is 10.2. The Morgan fingerprint density at radius 3 is 2.44 bits per heavy atom. The number of β-amino-alcohol motifs (C(OH)–C–C–N with tert-alkyl or cyclic N) is 1. The van der Waals surface area contributed by atoms with Crippen LogP contribution in [0.3, 0.4) is 0 Å². The summed E-state index contributed by atoms with van der Waals surface area (Å²) in [5.41, 5.74) is 1.03. The minimum absolute atomic E-state index is 0.205. The van der Waals surface area contributed by atoms with Crippen molar-refractivity contribution in [2.24, 2.45) is 0 Å². The molecule has 4 nitrogen and oxygen atoms in total. The summed E-state index contributed by atoms with van der Waals surface area (Å²) < 4.78 is 25.5. The minimum atomic E-state index is -3.42. The van der Waals surface area contributed by atoms with Gasteiger partial charge in [-0.25, -0.2) is 8.42 Å². The van der Waals surface area contributed by atoms with Crippen LogP contribution in [-0.2, 0) is 10.0 Å². The van der Waals surface area contributed by atoms with Gasteiger partial charge < -0.3 is 5.11 Å². The molecule has 0 aromatic heterocycles. The first kappa shape index (κ1) is 11.6. The number of hydrogen-bond donors (Lipinski definition) is 1. The molecule has 1 aliphatic heterocycles. The van der Waals surface area contributed by atoms with E-state index >= 15 is 0 Å². The maximum atomic E-state index is 12.1. The molecule has 88 valence electrons. The van der Waals surface area contributed by atoms with Gasteiger partial charge in [0.25, 0.3) is 0 Å². The average Bonchev–Trinajstić information content (AvgIpc) is 2.66. The maximum absolute atomic E-state index is 12.1. The lowest BCUT2D eigenvalue weighted by molar-refractivity contribution is 0.189. The standard InChI is InChI=1S/C11H15NO3S/c1-9-2-4-11(5-3-9)16(14,15)12-7-6-10(13)8-12/h2-5,10,13H,6-8H2,1H3/t10-/m0/s1. The van der Waals surface area contributed by atoms with E-state index in [1.165, 1.54) is 4.31 Å². The number of aliphatic hydroxyl groups excluding tert-OH is 1. The van der Waals surface area contributed by atoms with Crippen LogP contribution < -0.4 is 0 Å². The lowest BCUT2D eigenvalue weighted by Gasteiger charge is -2.15. The monoisotopic (exact) mass is 241 g/mol. The molecule has 0 spiro atoms. The largest absolute Gasteiger partial charge is 0.392 e. The fourth-order valence-electron chi connectivity index (χ4n) is 1.79. The van der Waals surface area contributed by atoms with Crippen molar-refractivity contribution in [2.45, 2.75) is 24.3 Å². The zero-order valence-electron chi connectivity index (χ0n) is 9.13. The molecule has 1 aliphatic rings. The number of rotatable bonds is 2. The highest BCUT2D eigenvalue weighted by atomic mass is 32.2. The third-order valence-electron chi connectivity index (χ3n) is 2.78. The van der Waals surface area contributed by atoms with Gasteiger partial charge in [-0.1, -0.05) is 17.7 Å². The number of benzene rings is 1. The lowest BCUT2D eigenvalue weighted by Crippen LogP contribution is -2.29. The van der Waals surface area contributed by atoms with Crippen LogP contribution in [0.25, 0.3) is 0 Å². The second kappa shape index (κ2) is 4.16. The van der Waals surface area contributed by atoms with Crippen molar-refractivity contribution < 1.29 is 13.5 Å². The van der Waals surface area contributed by atoms with Crippen molar-refractivity contribution in [1.82, 2.24) is 4.31 Å². The topological polar surface area (TPSA) is 57.6 Å². The molecular weight excluding hydrogens is 226 g/mol. The van der Waals surface area contributed by atoms with Crippen LogP contribution in [0.4, 0.5) is 0 Å². The van der Waals surface area contributed by atoms with Crippen molar-refractivity contribution in [3.05, 3.63) is 29.8 Å². The third-order valence-corrected chi connectivity index (χ3v) is 4.66. The number of hydrogen-bond acceptors (Lipinski definition) is 3. The van der Waals surface area contributed by atoms with E-state index in [0.717, 1.165) is 5.56 Å². The van der Waals surface area contributed by atoms with E-state index in [1.807, 2.05) is 6.92 Å². The molecule has 2 rings (SSSR count). The van der Waals surface area contributed by atoms with E-state index in [-0.39, 0.29) is 6.54 Å². The molecule has 1 atom stereocenters. The summed E-state index contributed by atoms with van der Waals surface area (Å²) >= 11 is 0. The smallest absolute Gasteiger partial charge is 0.243 e. The van der Waals surface area contributed by atoms with Gasteiger partial charge in [0.1, 0.15) is 0 Å². The van der Waals surface area contributed by atoms with E-state index in [9.17, 15) is 13.5 Å². The zero-order valence-corrected chi connectivity index (χ0v) is 9.94. The van der Waals surface area contributed by atoms with Crippen molar-refractivity contribution in [3.63, 3.8) is 0 Å². The summed E-state index contributed by atoms with van der Waals surface area (Å²) in [4.78, 5) is 0.298. The summed E-state index contributed by atoms with van der Waals surface area (Å²) in [5, 5.41) is 9.35. The van der Waals surface area contributed by atoms with E-state index < -0.39 is 16.1 Å². The Bertz CT molecular complexity index is 467. The van der Waals surface area contributed by atoms with Crippen LogP contribution >= 0.6 is 0 Å². The molecule has 1 aromatic rings. The predicted octanol–water partition coefficient (Wildman–Crippen LogP) is 0.750. The van der Waals surface area contributed by atoms with E-state index in [2.05, 4.69) is 0 Å². The van der Waals surface area contributed by atoms with Gasteiger partial charge in [0.2, 0.25) is 10.0 Å². The van der Waals surface area contributed by atoms with Gasteiger partial charge in [-0.3, -0.25) is 0 Å². The second-order valence-electron chi connectivity index (χ2n) is 4.12. The van der Waals surface area contributed by atoms with Crippen molar-refractivity contribution >= 4 is 10.0 Å². The molecule has 0 bridgehead atoms. The molecular formula is C11H15NO3S. The van der Waals surface area contributed by atoms with Crippen LogP contribution in [0.5, 0.6) is 0 Å². The number of aryl methyl sites for hydroxylation is 1. The molecule has 0 saturated carbocycles. The molecule has 1 fully saturated rings. The molecule has 0 unspecified atom stereocenters. The molecule has 5 heteroatoms. The first-order valence-corrected chi connectivity index (χ1v) is 6.69. The fourth-order valence-corrected chi connectivity index (χ4v) is 3.28. The van der Waals surface area contributed by atoms with Gasteiger partial charge in [-0.15, -0.1) is 0 Å². The Morgan fingerprint density at radius 1 is 1.31 bits per heavy atom. The highest BCUT2D eigenvalue weighted by Crippen LogP contribution is 2.21. The SMILES string of the molecule is Cc1ccc(S(=O)(=O)N2CC[C@H](O)C2)cc1. The van der Waals surface area contributed by atoms with Crippen LogP contribution in [0, 0.1) is 6.92 Å². The average molecular weight is 241 g/mol. The van der Waals surface area contributed by atoms with E-state index in [1.54, 1.807) is 24.3 Å². The summed E-state index contributed by atoms with van der Waals surface area (Å²) in [7, 11) is -3.42. The fraction of sp³-hybridized carbons (Fsp3) is 0.455. The molecule has 1 N–H and O–H groups in total. The van der Waals surface area contributed by atoms with E-state index in [4.69, 9.17) is 0 Å². The minimum Gasteiger partial charge on any atom is -0.392 e. The highest BCUT2D eigenvalue weighted by molar-refractivity contribution is 7.89. The number of aliphatic hydroxyl groups is 1. The molecule has 16 heavy (non-hydrogen) atoms. The molecule has 1 aromatic carbocycles. The Balaban J connectivity index is 2.29. The quantitative estimate of drug-likeness (QED) is 0.831. The summed E-state index contributed by atoms with van der Waals surface area (Å²) in [5.74, 6) is 0. The second-order valence-corrected chi connectivity index (χ2v) is 6.06. The van der Waals surface area contributed by atoms with Crippen molar-refractivity contribution in [3.8, 4) is 0 Å². The van der Waals surface area contributed by atoms with Crippen LogP contribution in [0.15, 0.2) is 29.2 Å². The first-order chi connectivity index (χ1) is 7.50. The molecule has 0 aliphatic carbocycles. The molecule has 0 amide bonds. The maximum Gasteiger partial charge on any atom is 0.243 e. The summed E-state index contributed by atoms with van der Waals surface area (Å²) in [6, 6.07) is 6.77. The molecule has 1 heterocycles. The van der Waals surface area contributed by atoms with Gasteiger partial charge in [0.15, 0.2) is 0 Å². The highest BCUT2D eigenvalue weighted by Gasteiger charge is 2.31. The van der Waals surface area contributed by atoms with Gasteiger partial charge in [-0.2, -0.15) is 4.31 Å². The van der Waals surface area contributed by atoms with Gasteiger partial charge in [0, 0.05) is 13.1 Å². The Hall–Kier alpha value is -0.910. The third kappa shape index (κ3) is 2.11. The van der Waals surface area contributed by atoms with Gasteiger partial charge in [0.05, 0.1) is 11.0 Å². The van der Waals surface area contributed by atoms with Gasteiger partial charge >= 0.3 is 0 Å². The molecule has 0 radical (unpaired) electrons. The van der Waals surface area contributed by atoms with Crippen LogP contribution in [-0.4, -0.2) is 37.0 Å². The van der Waals surface area contributed by atoms with Crippen LogP contribution in [0.2, 0.25) is 0 Å². The Labute approximate surface area is 95.6 Å². The first-order valence-electron chi connectivity index (χ1n) is 5.25. The summed E-state index contributed by atoms with van der Waals surface area (Å²) in [6.45, 7) is 2.52. The van der Waals surface area contributed by atoms with Gasteiger partial charge in [-0.05, 0) is 25.5 Å². The van der Waals surface area contributed by atoms with Crippen molar-refractivity contribution in [1.29, 1.82) is 0 Å². The number of sulfonamides is 1. The Morgan fingerprint density at radius 2 is 1.94 bits per heavy atom. The predicted molar refractivity (Wildman–Crippen MR) is 60.6 cm³/mol. The number of nitrogens with zero attached hydrogens (tertiary/aromatic N) is 1. The normalized spacial score (nSPS) is 22.5. The van der Waals surface area contributed by atoms with Crippen molar-refractivity contribution in [2.75, 3.05) is 13.1 Å². The molecule has 1 saturated heterocycles. The summed E-state index contributed by atoms with van der Waals surface area (Å²) in [6.07, 6.45) is -0.00863. The van der Waals surface area contributed by atoms with E-state index in [0.29, 0.717) is 17.9 Å². The Kier molecular flexibility index (Phi) is 3.01. The van der Waals surface area contributed by atoms with Crippen LogP contribution in [0.1, 0.15) is 12.0 Å².